The minimum absolute atomic E-state index is 0.496. The molecule has 1 aromatic heterocycles. The Kier molecular flexibility index (Phi) is 1.93. The monoisotopic (exact) mass is 167 g/mol. The van der Waals surface area contributed by atoms with Gasteiger partial charge >= 0.3 is 0 Å². The fourth-order valence-electron chi connectivity index (χ4n) is 1.76. The number of hydrogen-bond donors (Lipinski definition) is 1. The molecule has 66 valence electrons. The van der Waals surface area contributed by atoms with Crippen molar-refractivity contribution in [2.75, 3.05) is 5.84 Å². The maximum atomic E-state index is 5.32. The van der Waals surface area contributed by atoms with Gasteiger partial charge in [0.25, 0.3) is 0 Å². The molecule has 0 spiro atoms. The first-order chi connectivity index (χ1) is 5.86. The Balaban J connectivity index is 2.08. The Morgan fingerprint density at radius 3 is 2.58 bits per heavy atom. The van der Waals surface area contributed by atoms with E-state index in [1.54, 1.807) is 0 Å². The number of nitrogens with two attached hydrogens (primary N) is 1. The summed E-state index contributed by atoms with van der Waals surface area (Å²) in [5, 5.41) is 11.5. The molecule has 0 aliphatic heterocycles. The fraction of sp³-hybridized carbons (Fsp3) is 0.857. The second kappa shape index (κ2) is 3.08. The highest BCUT2D eigenvalue weighted by Gasteiger charge is 2.19. The SMILES string of the molecule is Nn1nnc(C2CCCCC2)n1. The van der Waals surface area contributed by atoms with Crippen molar-refractivity contribution in [3.05, 3.63) is 5.82 Å². The summed E-state index contributed by atoms with van der Waals surface area (Å²) in [6, 6.07) is 0. The van der Waals surface area contributed by atoms with Crippen molar-refractivity contribution in [2.45, 2.75) is 38.0 Å². The molecular formula is C7H13N5. The van der Waals surface area contributed by atoms with Crippen LogP contribution in [0.1, 0.15) is 43.8 Å². The molecule has 0 unspecified atom stereocenters. The number of tetrazole rings is 1. The number of hydrogen-bond acceptors (Lipinski definition) is 4. The standard InChI is InChI=1S/C7H13N5/c8-12-10-7(9-11-12)6-4-2-1-3-5-6/h6H,1-5,8H2. The van der Waals surface area contributed by atoms with Crippen LogP contribution in [0.2, 0.25) is 0 Å². The van der Waals surface area contributed by atoms with E-state index in [1.165, 1.54) is 32.1 Å². The molecule has 0 saturated heterocycles. The van der Waals surface area contributed by atoms with E-state index in [0.717, 1.165) is 10.7 Å². The summed E-state index contributed by atoms with van der Waals surface area (Å²) in [5.74, 6) is 6.63. The summed E-state index contributed by atoms with van der Waals surface area (Å²) < 4.78 is 0. The first-order valence-corrected chi connectivity index (χ1v) is 4.41. The van der Waals surface area contributed by atoms with Crippen molar-refractivity contribution in [1.82, 2.24) is 20.3 Å². The highest BCUT2D eigenvalue weighted by Crippen LogP contribution is 2.29. The van der Waals surface area contributed by atoms with Gasteiger partial charge in [0, 0.05) is 5.92 Å². The molecule has 2 N–H and O–H groups in total. The van der Waals surface area contributed by atoms with Crippen LogP contribution in [-0.4, -0.2) is 20.3 Å². The molecule has 0 amide bonds. The molecule has 1 heterocycles. The number of aromatic nitrogens is 4. The normalized spacial score (nSPS) is 19.7. The average molecular weight is 167 g/mol. The maximum absolute atomic E-state index is 5.32. The summed E-state index contributed by atoms with van der Waals surface area (Å²) in [6.07, 6.45) is 6.28. The first kappa shape index (κ1) is 7.52. The quantitative estimate of drug-likeness (QED) is 0.616. The van der Waals surface area contributed by atoms with Gasteiger partial charge in [0.2, 0.25) is 0 Å². The highest BCUT2D eigenvalue weighted by molar-refractivity contribution is 4.92. The Labute approximate surface area is 70.9 Å². The topological polar surface area (TPSA) is 69.6 Å². The minimum atomic E-state index is 0.496. The molecule has 1 aromatic rings. The van der Waals surface area contributed by atoms with Crippen LogP contribution in [0.15, 0.2) is 0 Å². The first-order valence-electron chi connectivity index (χ1n) is 4.41. The zero-order chi connectivity index (χ0) is 8.39. The Morgan fingerprint density at radius 2 is 2.00 bits per heavy atom. The molecule has 0 bridgehead atoms. The molecule has 1 saturated carbocycles. The van der Waals surface area contributed by atoms with Crippen molar-refractivity contribution in [3.63, 3.8) is 0 Å². The van der Waals surface area contributed by atoms with E-state index in [9.17, 15) is 0 Å². The third-order valence-electron chi connectivity index (χ3n) is 2.41. The van der Waals surface area contributed by atoms with Crippen molar-refractivity contribution in [3.8, 4) is 0 Å². The second-order valence-electron chi connectivity index (χ2n) is 3.30. The molecule has 0 atom stereocenters. The summed E-state index contributed by atoms with van der Waals surface area (Å²) in [6.45, 7) is 0. The van der Waals surface area contributed by atoms with Crippen LogP contribution in [-0.2, 0) is 0 Å². The summed E-state index contributed by atoms with van der Waals surface area (Å²) >= 11 is 0. The van der Waals surface area contributed by atoms with Crippen molar-refractivity contribution < 1.29 is 0 Å². The molecular weight excluding hydrogens is 154 g/mol. The zero-order valence-corrected chi connectivity index (χ0v) is 6.98. The van der Waals surface area contributed by atoms with Crippen molar-refractivity contribution in [2.24, 2.45) is 0 Å². The lowest BCUT2D eigenvalue weighted by atomic mass is 9.89. The molecule has 0 radical (unpaired) electrons. The minimum Gasteiger partial charge on any atom is -0.304 e. The van der Waals surface area contributed by atoms with Crippen LogP contribution < -0.4 is 5.84 Å². The van der Waals surface area contributed by atoms with Crippen molar-refractivity contribution >= 4 is 0 Å². The predicted octanol–water partition coefficient (Wildman–Crippen LogP) is 0.435. The number of rotatable bonds is 1. The van der Waals surface area contributed by atoms with Gasteiger partial charge < -0.3 is 5.84 Å². The fourth-order valence-corrected chi connectivity index (χ4v) is 1.76. The van der Waals surface area contributed by atoms with Crippen LogP contribution in [0.5, 0.6) is 0 Å². The van der Waals surface area contributed by atoms with Crippen LogP contribution >= 0.6 is 0 Å². The lowest BCUT2D eigenvalue weighted by Gasteiger charge is -2.17. The van der Waals surface area contributed by atoms with Gasteiger partial charge in [-0.05, 0) is 18.1 Å². The third-order valence-corrected chi connectivity index (χ3v) is 2.41. The van der Waals surface area contributed by atoms with Gasteiger partial charge in [0.05, 0.1) is 0 Å². The maximum Gasteiger partial charge on any atom is 0.180 e. The van der Waals surface area contributed by atoms with E-state index in [4.69, 9.17) is 5.84 Å². The van der Waals surface area contributed by atoms with E-state index >= 15 is 0 Å². The van der Waals surface area contributed by atoms with Gasteiger partial charge in [0.1, 0.15) is 0 Å². The summed E-state index contributed by atoms with van der Waals surface area (Å²) in [4.78, 5) is 1.05. The van der Waals surface area contributed by atoms with E-state index in [-0.39, 0.29) is 0 Å². The smallest absolute Gasteiger partial charge is 0.180 e. The van der Waals surface area contributed by atoms with Gasteiger partial charge in [-0.2, -0.15) is 0 Å². The van der Waals surface area contributed by atoms with Crippen molar-refractivity contribution in [1.29, 1.82) is 0 Å². The zero-order valence-electron chi connectivity index (χ0n) is 6.98. The third kappa shape index (κ3) is 1.39. The predicted molar refractivity (Wildman–Crippen MR) is 43.8 cm³/mol. The number of nitrogen functional groups attached to an aromatic ring is 1. The van der Waals surface area contributed by atoms with Gasteiger partial charge in [-0.3, -0.25) is 0 Å². The summed E-state index contributed by atoms with van der Waals surface area (Å²) in [5.41, 5.74) is 0. The van der Waals surface area contributed by atoms with Crippen LogP contribution in [0.3, 0.4) is 0 Å². The lowest BCUT2D eigenvalue weighted by Crippen LogP contribution is -2.13. The molecule has 5 heteroatoms. The van der Waals surface area contributed by atoms with Gasteiger partial charge in [-0.15, -0.1) is 10.2 Å². The molecule has 0 aromatic carbocycles. The van der Waals surface area contributed by atoms with E-state index in [1.807, 2.05) is 0 Å². The van der Waals surface area contributed by atoms with E-state index in [0.29, 0.717) is 5.92 Å². The molecule has 1 fully saturated rings. The number of nitrogens with zero attached hydrogens (tertiary/aromatic N) is 4. The molecule has 2 rings (SSSR count). The Bertz CT molecular complexity index is 250. The molecule has 1 aliphatic carbocycles. The Morgan fingerprint density at radius 1 is 1.25 bits per heavy atom. The molecule has 5 nitrogen and oxygen atoms in total. The molecule has 12 heavy (non-hydrogen) atoms. The average Bonchev–Trinajstić information content (AvgIpc) is 2.54. The lowest BCUT2D eigenvalue weighted by molar-refractivity contribution is 0.428. The van der Waals surface area contributed by atoms with Crippen LogP contribution in [0.25, 0.3) is 0 Å². The van der Waals surface area contributed by atoms with E-state index in [2.05, 4.69) is 15.4 Å². The second-order valence-corrected chi connectivity index (χ2v) is 3.30. The Hall–Kier alpha value is -1.13. The molecule has 1 aliphatic rings. The van der Waals surface area contributed by atoms with Gasteiger partial charge in [0.15, 0.2) is 5.82 Å². The van der Waals surface area contributed by atoms with Gasteiger partial charge in [-0.1, -0.05) is 24.2 Å². The van der Waals surface area contributed by atoms with Gasteiger partial charge in [-0.25, -0.2) is 0 Å². The highest BCUT2D eigenvalue weighted by atomic mass is 15.7. The summed E-state index contributed by atoms with van der Waals surface area (Å²) in [7, 11) is 0. The van der Waals surface area contributed by atoms with Crippen LogP contribution in [0.4, 0.5) is 0 Å². The largest absolute Gasteiger partial charge is 0.304 e. The van der Waals surface area contributed by atoms with E-state index < -0.39 is 0 Å². The van der Waals surface area contributed by atoms with Crippen LogP contribution in [0, 0.1) is 0 Å².